The first-order valence-electron chi connectivity index (χ1n) is 8.02. The summed E-state index contributed by atoms with van der Waals surface area (Å²) < 4.78 is 5.19. The molecule has 128 valence electrons. The third-order valence-electron chi connectivity index (χ3n) is 4.12. The Kier molecular flexibility index (Phi) is 5.24. The van der Waals surface area contributed by atoms with Crippen molar-refractivity contribution in [1.29, 1.82) is 0 Å². The minimum atomic E-state index is -0.0217. The molecule has 2 amide bonds. The van der Waals surface area contributed by atoms with E-state index in [0.717, 1.165) is 18.4 Å². The van der Waals surface area contributed by atoms with Crippen LogP contribution in [0.1, 0.15) is 32.1 Å². The summed E-state index contributed by atoms with van der Waals surface area (Å²) in [6, 6.07) is 2.07. The molecule has 0 spiro atoms. The second-order valence-electron chi connectivity index (χ2n) is 5.87. The molecule has 2 aromatic rings. The van der Waals surface area contributed by atoms with Crippen molar-refractivity contribution in [2.45, 2.75) is 38.6 Å². The fourth-order valence-electron chi connectivity index (χ4n) is 2.72. The number of aromatic nitrogens is 2. The maximum atomic E-state index is 12.1. The molecule has 0 radical (unpaired) electrons. The molecule has 0 bridgehead atoms. The van der Waals surface area contributed by atoms with Crippen molar-refractivity contribution in [3.05, 3.63) is 22.7 Å². The summed E-state index contributed by atoms with van der Waals surface area (Å²) in [6.45, 7) is 2.98. The SMILES string of the molecule is CC(=O)N1CCC(NC(=O)CCc2nc(-c3ccsc3)no2)CC1. The number of aryl methyl sites for hydroxylation is 1. The summed E-state index contributed by atoms with van der Waals surface area (Å²) >= 11 is 1.57. The van der Waals surface area contributed by atoms with Crippen LogP contribution in [-0.4, -0.2) is 46.0 Å². The van der Waals surface area contributed by atoms with Gasteiger partial charge in [-0.05, 0) is 24.3 Å². The van der Waals surface area contributed by atoms with E-state index in [2.05, 4.69) is 15.5 Å². The molecule has 0 atom stereocenters. The third kappa shape index (κ3) is 4.19. The molecule has 0 aromatic carbocycles. The predicted molar refractivity (Wildman–Crippen MR) is 89.4 cm³/mol. The topological polar surface area (TPSA) is 88.3 Å². The number of carbonyl (C=O) groups is 2. The second kappa shape index (κ2) is 7.57. The number of carbonyl (C=O) groups excluding carboxylic acids is 2. The Bertz CT molecular complexity index is 690. The summed E-state index contributed by atoms with van der Waals surface area (Å²) in [6.07, 6.45) is 2.34. The van der Waals surface area contributed by atoms with E-state index in [1.165, 1.54) is 0 Å². The Labute approximate surface area is 144 Å². The first-order chi connectivity index (χ1) is 11.6. The van der Waals surface area contributed by atoms with Gasteiger partial charge in [0.05, 0.1) is 0 Å². The van der Waals surface area contributed by atoms with Crippen molar-refractivity contribution in [2.24, 2.45) is 0 Å². The number of amides is 2. The van der Waals surface area contributed by atoms with Gasteiger partial charge in [0.15, 0.2) is 0 Å². The van der Waals surface area contributed by atoms with Gasteiger partial charge in [-0.1, -0.05) is 5.16 Å². The van der Waals surface area contributed by atoms with Crippen molar-refractivity contribution in [3.8, 4) is 11.4 Å². The molecular weight excluding hydrogens is 328 g/mol. The van der Waals surface area contributed by atoms with Crippen molar-refractivity contribution in [2.75, 3.05) is 13.1 Å². The molecule has 0 unspecified atom stereocenters. The van der Waals surface area contributed by atoms with Crippen LogP contribution in [0.2, 0.25) is 0 Å². The van der Waals surface area contributed by atoms with E-state index in [1.54, 1.807) is 18.3 Å². The predicted octanol–water partition coefficient (Wildman–Crippen LogP) is 1.86. The van der Waals surface area contributed by atoms with Crippen molar-refractivity contribution >= 4 is 23.2 Å². The zero-order valence-electron chi connectivity index (χ0n) is 13.5. The number of piperidine rings is 1. The van der Waals surface area contributed by atoms with Crippen molar-refractivity contribution in [1.82, 2.24) is 20.4 Å². The van der Waals surface area contributed by atoms with Crippen molar-refractivity contribution in [3.63, 3.8) is 0 Å². The van der Waals surface area contributed by atoms with E-state index < -0.39 is 0 Å². The molecule has 1 saturated heterocycles. The number of hydrogen-bond acceptors (Lipinski definition) is 6. The van der Waals surface area contributed by atoms with E-state index in [-0.39, 0.29) is 17.9 Å². The summed E-state index contributed by atoms with van der Waals surface area (Å²) in [4.78, 5) is 29.5. The van der Waals surface area contributed by atoms with Gasteiger partial charge in [0.25, 0.3) is 0 Å². The zero-order chi connectivity index (χ0) is 16.9. The number of likely N-dealkylation sites (tertiary alicyclic amines) is 1. The number of rotatable bonds is 5. The third-order valence-corrected chi connectivity index (χ3v) is 4.80. The summed E-state index contributed by atoms with van der Waals surface area (Å²) in [7, 11) is 0. The van der Waals surface area contributed by atoms with Gasteiger partial charge in [-0.3, -0.25) is 9.59 Å². The Morgan fingerprint density at radius 2 is 2.21 bits per heavy atom. The molecule has 3 rings (SSSR count). The maximum Gasteiger partial charge on any atom is 0.227 e. The minimum absolute atomic E-state index is 0.0217. The Balaban J connectivity index is 1.42. The molecule has 1 N–H and O–H groups in total. The molecular formula is C16H20N4O3S. The highest BCUT2D eigenvalue weighted by Gasteiger charge is 2.22. The highest BCUT2D eigenvalue weighted by molar-refractivity contribution is 7.08. The van der Waals surface area contributed by atoms with Crippen LogP contribution in [0.3, 0.4) is 0 Å². The Hall–Kier alpha value is -2.22. The lowest BCUT2D eigenvalue weighted by Gasteiger charge is -2.31. The largest absolute Gasteiger partial charge is 0.353 e. The number of hydrogen-bond donors (Lipinski definition) is 1. The molecule has 1 aliphatic heterocycles. The summed E-state index contributed by atoms with van der Waals surface area (Å²) in [5.74, 6) is 1.10. The smallest absolute Gasteiger partial charge is 0.227 e. The highest BCUT2D eigenvalue weighted by atomic mass is 32.1. The van der Waals surface area contributed by atoms with Gasteiger partial charge in [0, 0.05) is 49.8 Å². The van der Waals surface area contributed by atoms with Crippen LogP contribution < -0.4 is 5.32 Å². The van der Waals surface area contributed by atoms with Crippen LogP contribution in [0, 0.1) is 0 Å². The van der Waals surface area contributed by atoms with Crippen LogP contribution in [0.4, 0.5) is 0 Å². The van der Waals surface area contributed by atoms with Crippen molar-refractivity contribution < 1.29 is 14.1 Å². The Morgan fingerprint density at radius 3 is 2.88 bits per heavy atom. The van der Waals surface area contributed by atoms with E-state index in [4.69, 9.17) is 4.52 Å². The second-order valence-corrected chi connectivity index (χ2v) is 6.65. The van der Waals surface area contributed by atoms with E-state index in [0.29, 0.717) is 37.6 Å². The lowest BCUT2D eigenvalue weighted by atomic mass is 10.0. The molecule has 24 heavy (non-hydrogen) atoms. The van der Waals surface area contributed by atoms with Gasteiger partial charge in [0.1, 0.15) is 0 Å². The first kappa shape index (κ1) is 16.6. The lowest BCUT2D eigenvalue weighted by Crippen LogP contribution is -2.46. The minimum Gasteiger partial charge on any atom is -0.353 e. The van der Waals surface area contributed by atoms with Gasteiger partial charge >= 0.3 is 0 Å². The maximum absolute atomic E-state index is 12.1. The van der Waals surface area contributed by atoms with Gasteiger partial charge in [0.2, 0.25) is 23.5 Å². The summed E-state index contributed by atoms with van der Waals surface area (Å²) in [5.41, 5.74) is 0.927. The van der Waals surface area contributed by atoms with E-state index in [9.17, 15) is 9.59 Å². The number of nitrogens with zero attached hydrogens (tertiary/aromatic N) is 3. The first-order valence-corrected chi connectivity index (χ1v) is 8.96. The number of nitrogens with one attached hydrogen (secondary N) is 1. The molecule has 3 heterocycles. The lowest BCUT2D eigenvalue weighted by molar-refractivity contribution is -0.130. The summed E-state index contributed by atoms with van der Waals surface area (Å²) in [5, 5.41) is 10.9. The molecule has 0 aliphatic carbocycles. The van der Waals surface area contributed by atoms with E-state index >= 15 is 0 Å². The van der Waals surface area contributed by atoms with Gasteiger partial charge < -0.3 is 14.7 Å². The van der Waals surface area contributed by atoms with Crippen LogP contribution in [0.5, 0.6) is 0 Å². The average molecular weight is 348 g/mol. The molecule has 8 heteroatoms. The van der Waals surface area contributed by atoms with E-state index in [1.807, 2.05) is 21.7 Å². The molecule has 1 aliphatic rings. The van der Waals surface area contributed by atoms with Gasteiger partial charge in [-0.15, -0.1) is 0 Å². The van der Waals surface area contributed by atoms with Gasteiger partial charge in [-0.25, -0.2) is 0 Å². The quantitative estimate of drug-likeness (QED) is 0.891. The average Bonchev–Trinajstić information content (AvgIpc) is 3.25. The van der Waals surface area contributed by atoms with Gasteiger partial charge in [-0.2, -0.15) is 16.3 Å². The normalized spacial score (nSPS) is 15.5. The molecule has 7 nitrogen and oxygen atoms in total. The fourth-order valence-corrected chi connectivity index (χ4v) is 3.36. The van der Waals surface area contributed by atoms with Crippen LogP contribution in [0.25, 0.3) is 11.4 Å². The monoisotopic (exact) mass is 348 g/mol. The standard InChI is InChI=1S/C16H20N4O3S/c1-11(21)20-7-4-13(5-8-20)17-14(22)2-3-15-18-16(19-23-15)12-6-9-24-10-12/h6,9-10,13H,2-5,7-8H2,1H3,(H,17,22). The Morgan fingerprint density at radius 1 is 1.42 bits per heavy atom. The zero-order valence-corrected chi connectivity index (χ0v) is 14.3. The molecule has 1 fully saturated rings. The molecule has 0 saturated carbocycles. The number of thiophene rings is 1. The highest BCUT2D eigenvalue weighted by Crippen LogP contribution is 2.19. The van der Waals surface area contributed by atoms with Crippen LogP contribution in [-0.2, 0) is 16.0 Å². The molecule has 2 aromatic heterocycles. The van der Waals surface area contributed by atoms with Crippen LogP contribution >= 0.6 is 11.3 Å². The fraction of sp³-hybridized carbons (Fsp3) is 0.500. The van der Waals surface area contributed by atoms with Crippen LogP contribution in [0.15, 0.2) is 21.3 Å².